The van der Waals surface area contributed by atoms with Gasteiger partial charge in [0.2, 0.25) is 5.91 Å². The van der Waals surface area contributed by atoms with Crippen molar-refractivity contribution >= 4 is 11.9 Å². The molecule has 0 aromatic heterocycles. The lowest BCUT2D eigenvalue weighted by molar-refractivity contribution is -0.147. The molecule has 1 atom stereocenters. The fourth-order valence-corrected chi connectivity index (χ4v) is 1.55. The molecule has 0 radical (unpaired) electrons. The number of amides is 1. The SMILES string of the molecule is CCCN(CC(=O)OC)C(=O)CC(C)COC. The standard InChI is InChI=1S/C12H23NO4/c1-5-6-13(8-12(15)17-4)11(14)7-10(2)9-16-3/h10H,5-9H2,1-4H3. The molecule has 0 heterocycles. The third-order valence-electron chi connectivity index (χ3n) is 2.37. The van der Waals surface area contributed by atoms with Crippen molar-refractivity contribution < 1.29 is 19.1 Å². The van der Waals surface area contributed by atoms with Gasteiger partial charge in [-0.05, 0) is 12.3 Å². The van der Waals surface area contributed by atoms with Gasteiger partial charge in [0.1, 0.15) is 6.54 Å². The highest BCUT2D eigenvalue weighted by molar-refractivity contribution is 5.82. The van der Waals surface area contributed by atoms with E-state index in [1.54, 1.807) is 7.11 Å². The van der Waals surface area contributed by atoms with E-state index in [4.69, 9.17) is 4.74 Å². The Labute approximate surface area is 103 Å². The summed E-state index contributed by atoms with van der Waals surface area (Å²) in [6.45, 7) is 5.07. The molecule has 0 bridgehead atoms. The van der Waals surface area contributed by atoms with Gasteiger partial charge < -0.3 is 14.4 Å². The molecule has 0 aliphatic rings. The number of rotatable bonds is 8. The number of esters is 1. The van der Waals surface area contributed by atoms with Gasteiger partial charge in [0.05, 0.1) is 7.11 Å². The van der Waals surface area contributed by atoms with Gasteiger partial charge in [0, 0.05) is 26.7 Å². The van der Waals surface area contributed by atoms with Crippen LogP contribution < -0.4 is 0 Å². The van der Waals surface area contributed by atoms with Crippen LogP contribution in [0.4, 0.5) is 0 Å². The van der Waals surface area contributed by atoms with Crippen molar-refractivity contribution in [1.82, 2.24) is 4.90 Å². The maximum Gasteiger partial charge on any atom is 0.325 e. The summed E-state index contributed by atoms with van der Waals surface area (Å²) < 4.78 is 9.56. The van der Waals surface area contributed by atoms with Crippen molar-refractivity contribution in [3.8, 4) is 0 Å². The smallest absolute Gasteiger partial charge is 0.325 e. The van der Waals surface area contributed by atoms with Crippen molar-refractivity contribution in [2.45, 2.75) is 26.7 Å². The fraction of sp³-hybridized carbons (Fsp3) is 0.833. The first-order valence-electron chi connectivity index (χ1n) is 5.88. The molecule has 17 heavy (non-hydrogen) atoms. The third kappa shape index (κ3) is 6.94. The second kappa shape index (κ2) is 8.98. The van der Waals surface area contributed by atoms with Crippen LogP contribution in [0.5, 0.6) is 0 Å². The van der Waals surface area contributed by atoms with Gasteiger partial charge in [-0.15, -0.1) is 0 Å². The average Bonchev–Trinajstić information content (AvgIpc) is 2.28. The summed E-state index contributed by atoms with van der Waals surface area (Å²) in [5.74, 6) is -0.252. The van der Waals surface area contributed by atoms with Crippen LogP contribution >= 0.6 is 0 Å². The zero-order chi connectivity index (χ0) is 13.3. The van der Waals surface area contributed by atoms with Gasteiger partial charge in [0.15, 0.2) is 0 Å². The van der Waals surface area contributed by atoms with Crippen molar-refractivity contribution in [2.24, 2.45) is 5.92 Å². The molecule has 1 amide bonds. The maximum absolute atomic E-state index is 11.9. The predicted octanol–water partition coefficient (Wildman–Crippen LogP) is 1.07. The lowest BCUT2D eigenvalue weighted by Gasteiger charge is -2.22. The minimum Gasteiger partial charge on any atom is -0.468 e. The first kappa shape index (κ1) is 15.9. The zero-order valence-electron chi connectivity index (χ0n) is 11.2. The van der Waals surface area contributed by atoms with Gasteiger partial charge >= 0.3 is 5.97 Å². The number of hydrogen-bond acceptors (Lipinski definition) is 4. The Morgan fingerprint density at radius 3 is 2.41 bits per heavy atom. The number of hydrogen-bond donors (Lipinski definition) is 0. The summed E-state index contributed by atoms with van der Waals surface area (Å²) in [7, 11) is 2.93. The highest BCUT2D eigenvalue weighted by Gasteiger charge is 2.18. The van der Waals surface area contributed by atoms with Gasteiger partial charge in [-0.25, -0.2) is 0 Å². The van der Waals surface area contributed by atoms with Crippen LogP contribution in [0.15, 0.2) is 0 Å². The van der Waals surface area contributed by atoms with Crippen molar-refractivity contribution in [3.63, 3.8) is 0 Å². The summed E-state index contributed by atoms with van der Waals surface area (Å²) in [4.78, 5) is 24.6. The number of nitrogens with zero attached hydrogens (tertiary/aromatic N) is 1. The van der Waals surface area contributed by atoms with E-state index in [0.29, 0.717) is 19.6 Å². The minimum atomic E-state index is -0.383. The summed E-state index contributed by atoms with van der Waals surface area (Å²) in [5.41, 5.74) is 0. The van der Waals surface area contributed by atoms with Crippen LogP contribution in [0.2, 0.25) is 0 Å². The Hall–Kier alpha value is -1.10. The quantitative estimate of drug-likeness (QED) is 0.600. The zero-order valence-corrected chi connectivity index (χ0v) is 11.2. The largest absolute Gasteiger partial charge is 0.468 e. The second-order valence-corrected chi connectivity index (χ2v) is 4.16. The number of carbonyl (C=O) groups is 2. The van der Waals surface area contributed by atoms with Crippen molar-refractivity contribution in [1.29, 1.82) is 0 Å². The molecular formula is C12H23NO4. The molecule has 0 N–H and O–H groups in total. The molecule has 0 saturated heterocycles. The molecule has 1 unspecified atom stereocenters. The lowest BCUT2D eigenvalue weighted by atomic mass is 10.1. The summed E-state index contributed by atoms with van der Waals surface area (Å²) in [5, 5.41) is 0. The van der Waals surface area contributed by atoms with Crippen molar-refractivity contribution in [3.05, 3.63) is 0 Å². The topological polar surface area (TPSA) is 55.8 Å². The van der Waals surface area contributed by atoms with E-state index in [-0.39, 0.29) is 24.3 Å². The highest BCUT2D eigenvalue weighted by atomic mass is 16.5. The maximum atomic E-state index is 11.9. The highest BCUT2D eigenvalue weighted by Crippen LogP contribution is 2.06. The average molecular weight is 245 g/mol. The fourth-order valence-electron chi connectivity index (χ4n) is 1.55. The third-order valence-corrected chi connectivity index (χ3v) is 2.37. The van der Waals surface area contributed by atoms with E-state index in [2.05, 4.69) is 4.74 Å². The minimum absolute atomic E-state index is 0.0261. The first-order chi connectivity index (χ1) is 8.04. The first-order valence-corrected chi connectivity index (χ1v) is 5.88. The predicted molar refractivity (Wildman–Crippen MR) is 64.5 cm³/mol. The number of methoxy groups -OCH3 is 2. The molecule has 0 rings (SSSR count). The van der Waals surface area contributed by atoms with Crippen LogP contribution in [0.25, 0.3) is 0 Å². The molecule has 5 heteroatoms. The number of ether oxygens (including phenoxy) is 2. The van der Waals surface area contributed by atoms with Gasteiger partial charge in [-0.1, -0.05) is 13.8 Å². The van der Waals surface area contributed by atoms with Gasteiger partial charge in [-0.2, -0.15) is 0 Å². The van der Waals surface area contributed by atoms with Crippen LogP contribution in [-0.2, 0) is 19.1 Å². The molecule has 0 aliphatic heterocycles. The Bertz CT molecular complexity index is 243. The molecule has 0 saturated carbocycles. The lowest BCUT2D eigenvalue weighted by Crippen LogP contribution is -2.37. The Balaban J connectivity index is 4.27. The number of carbonyl (C=O) groups excluding carboxylic acids is 2. The van der Waals surface area contributed by atoms with Crippen LogP contribution in [0, 0.1) is 5.92 Å². The molecule has 5 nitrogen and oxygen atoms in total. The molecule has 0 aliphatic carbocycles. The second-order valence-electron chi connectivity index (χ2n) is 4.16. The van der Waals surface area contributed by atoms with Gasteiger partial charge in [-0.3, -0.25) is 9.59 Å². The van der Waals surface area contributed by atoms with E-state index in [9.17, 15) is 9.59 Å². The van der Waals surface area contributed by atoms with Crippen LogP contribution in [0.1, 0.15) is 26.7 Å². The van der Waals surface area contributed by atoms with E-state index >= 15 is 0 Å². The Morgan fingerprint density at radius 2 is 1.94 bits per heavy atom. The van der Waals surface area contributed by atoms with E-state index in [1.807, 2.05) is 13.8 Å². The molecule has 0 aromatic carbocycles. The van der Waals surface area contributed by atoms with E-state index in [0.717, 1.165) is 6.42 Å². The van der Waals surface area contributed by atoms with E-state index in [1.165, 1.54) is 12.0 Å². The molecule has 0 aromatic rings. The van der Waals surface area contributed by atoms with E-state index < -0.39 is 0 Å². The van der Waals surface area contributed by atoms with Gasteiger partial charge in [0.25, 0.3) is 0 Å². The van der Waals surface area contributed by atoms with Crippen LogP contribution in [-0.4, -0.2) is 50.7 Å². The molecule has 0 spiro atoms. The Morgan fingerprint density at radius 1 is 1.29 bits per heavy atom. The Kier molecular flexibility index (Phi) is 8.40. The molecule has 0 fully saturated rings. The monoisotopic (exact) mass is 245 g/mol. The molecular weight excluding hydrogens is 222 g/mol. The van der Waals surface area contributed by atoms with Crippen molar-refractivity contribution in [2.75, 3.05) is 33.9 Å². The summed E-state index contributed by atoms with van der Waals surface area (Å²) in [6, 6.07) is 0. The normalized spacial score (nSPS) is 12.0. The summed E-state index contributed by atoms with van der Waals surface area (Å²) in [6.07, 6.45) is 1.21. The summed E-state index contributed by atoms with van der Waals surface area (Å²) >= 11 is 0. The molecule has 100 valence electrons. The van der Waals surface area contributed by atoms with Crippen LogP contribution in [0.3, 0.4) is 0 Å².